The van der Waals surface area contributed by atoms with Gasteiger partial charge < -0.3 is 19.1 Å². The summed E-state index contributed by atoms with van der Waals surface area (Å²) in [6.45, 7) is 4.22. The van der Waals surface area contributed by atoms with Crippen molar-refractivity contribution in [3.05, 3.63) is 18.0 Å². The maximum Gasteiger partial charge on any atom is 0.163 e. The molecule has 102 valence electrons. The smallest absolute Gasteiger partial charge is 0.163 e. The molecule has 5 nitrogen and oxygen atoms in total. The number of aryl methyl sites for hydroxylation is 2. The molecule has 0 unspecified atom stereocenters. The fraction of sp³-hybridized carbons (Fsp3) is 0.500. The average Bonchev–Trinajstić information content (AvgIpc) is 2.79. The van der Waals surface area contributed by atoms with Gasteiger partial charge in [-0.3, -0.25) is 0 Å². The molecule has 1 aromatic carbocycles. The van der Waals surface area contributed by atoms with E-state index >= 15 is 0 Å². The highest BCUT2D eigenvalue weighted by Gasteiger charge is 2.17. The number of benzene rings is 1. The van der Waals surface area contributed by atoms with Gasteiger partial charge in [-0.1, -0.05) is 6.92 Å². The number of ether oxygens (including phenoxy) is 2. The highest BCUT2D eigenvalue weighted by atomic mass is 16.6. The number of nitrogens with zero attached hydrogens (tertiary/aromatic N) is 2. The Hall–Kier alpha value is -1.75. The van der Waals surface area contributed by atoms with E-state index in [0.717, 1.165) is 47.7 Å². The van der Waals surface area contributed by atoms with Crippen LogP contribution in [-0.2, 0) is 13.0 Å². The monoisotopic (exact) mass is 262 g/mol. The minimum Gasteiger partial charge on any atom is -0.486 e. The first-order valence-electron chi connectivity index (χ1n) is 6.73. The van der Waals surface area contributed by atoms with E-state index in [9.17, 15) is 0 Å². The summed E-state index contributed by atoms with van der Waals surface area (Å²) in [5.41, 5.74) is 1.98. The van der Waals surface area contributed by atoms with Gasteiger partial charge in [0.05, 0.1) is 11.0 Å². The zero-order valence-electron chi connectivity index (χ0n) is 11.1. The fourth-order valence-corrected chi connectivity index (χ4v) is 2.46. The molecule has 1 aromatic heterocycles. The molecule has 1 aliphatic heterocycles. The van der Waals surface area contributed by atoms with Crippen LogP contribution < -0.4 is 9.47 Å². The largest absolute Gasteiger partial charge is 0.486 e. The van der Waals surface area contributed by atoms with E-state index in [1.807, 2.05) is 12.1 Å². The Bertz CT molecular complexity index is 592. The first-order chi connectivity index (χ1) is 9.33. The van der Waals surface area contributed by atoms with Crippen LogP contribution in [0.25, 0.3) is 11.0 Å². The minimum absolute atomic E-state index is 0.188. The van der Waals surface area contributed by atoms with Gasteiger partial charge in [-0.25, -0.2) is 4.98 Å². The first-order valence-corrected chi connectivity index (χ1v) is 6.73. The van der Waals surface area contributed by atoms with Gasteiger partial charge >= 0.3 is 0 Å². The summed E-state index contributed by atoms with van der Waals surface area (Å²) in [5, 5.41) is 9.01. The van der Waals surface area contributed by atoms with Crippen molar-refractivity contribution in [3.63, 3.8) is 0 Å². The molecule has 0 atom stereocenters. The summed E-state index contributed by atoms with van der Waals surface area (Å²) >= 11 is 0. The zero-order valence-corrected chi connectivity index (χ0v) is 11.1. The lowest BCUT2D eigenvalue weighted by molar-refractivity contribution is 0.172. The van der Waals surface area contributed by atoms with Crippen molar-refractivity contribution in [2.24, 2.45) is 0 Å². The molecule has 0 saturated carbocycles. The summed E-state index contributed by atoms with van der Waals surface area (Å²) < 4.78 is 13.4. The topological polar surface area (TPSA) is 56.5 Å². The molecular formula is C14H18N2O3. The van der Waals surface area contributed by atoms with Crippen molar-refractivity contribution >= 4 is 11.0 Å². The number of hydrogen-bond donors (Lipinski definition) is 1. The van der Waals surface area contributed by atoms with Crippen LogP contribution in [0.1, 0.15) is 19.2 Å². The van der Waals surface area contributed by atoms with Gasteiger partial charge in [-0.15, -0.1) is 0 Å². The number of hydrogen-bond acceptors (Lipinski definition) is 4. The maximum absolute atomic E-state index is 9.01. The Morgan fingerprint density at radius 3 is 2.68 bits per heavy atom. The van der Waals surface area contributed by atoms with E-state index in [4.69, 9.17) is 14.6 Å². The van der Waals surface area contributed by atoms with Crippen LogP contribution in [-0.4, -0.2) is 34.5 Å². The van der Waals surface area contributed by atoms with Crippen LogP contribution in [0.5, 0.6) is 11.5 Å². The number of fused-ring (bicyclic) bond motifs is 2. The molecule has 3 rings (SSSR count). The van der Waals surface area contributed by atoms with E-state index in [1.165, 1.54) is 0 Å². The normalized spacial score (nSPS) is 14.0. The number of aliphatic hydroxyl groups is 1. The summed E-state index contributed by atoms with van der Waals surface area (Å²) in [7, 11) is 0. The van der Waals surface area contributed by atoms with E-state index in [0.29, 0.717) is 13.2 Å². The Balaban J connectivity index is 2.11. The third kappa shape index (κ3) is 2.14. The summed E-state index contributed by atoms with van der Waals surface area (Å²) in [5.74, 6) is 2.59. The Labute approximate surface area is 111 Å². The predicted octanol–water partition coefficient (Wildman–Crippen LogP) is 1.75. The predicted molar refractivity (Wildman–Crippen MR) is 71.8 cm³/mol. The Morgan fingerprint density at radius 1 is 1.26 bits per heavy atom. The van der Waals surface area contributed by atoms with Gasteiger partial charge in [-0.2, -0.15) is 0 Å². The van der Waals surface area contributed by atoms with Gasteiger partial charge in [0.1, 0.15) is 19.0 Å². The first kappa shape index (κ1) is 12.3. The van der Waals surface area contributed by atoms with Crippen LogP contribution >= 0.6 is 0 Å². The summed E-state index contributed by atoms with van der Waals surface area (Å²) in [4.78, 5) is 4.64. The lowest BCUT2D eigenvalue weighted by atomic mass is 10.2. The number of imidazole rings is 1. The Morgan fingerprint density at radius 2 is 2.00 bits per heavy atom. The van der Waals surface area contributed by atoms with Gasteiger partial charge in [0.2, 0.25) is 0 Å². The number of rotatable bonds is 4. The van der Waals surface area contributed by atoms with Crippen LogP contribution in [0.3, 0.4) is 0 Å². The van der Waals surface area contributed by atoms with Crippen molar-refractivity contribution in [2.45, 2.75) is 26.3 Å². The van der Waals surface area contributed by atoms with E-state index in [1.54, 1.807) is 0 Å². The molecular weight excluding hydrogens is 244 g/mol. The van der Waals surface area contributed by atoms with E-state index in [-0.39, 0.29) is 6.61 Å². The fourth-order valence-electron chi connectivity index (χ4n) is 2.46. The van der Waals surface area contributed by atoms with Crippen LogP contribution in [0.15, 0.2) is 12.1 Å². The lowest BCUT2D eigenvalue weighted by Crippen LogP contribution is -2.15. The highest BCUT2D eigenvalue weighted by Crippen LogP contribution is 2.34. The minimum atomic E-state index is 0.188. The average molecular weight is 262 g/mol. The number of aromatic nitrogens is 2. The molecule has 0 radical (unpaired) electrons. The number of aliphatic hydroxyl groups excluding tert-OH is 1. The van der Waals surface area contributed by atoms with Gasteiger partial charge in [-0.05, 0) is 6.42 Å². The molecule has 5 heteroatoms. The molecule has 1 N–H and O–H groups in total. The van der Waals surface area contributed by atoms with Crippen molar-refractivity contribution < 1.29 is 14.6 Å². The third-order valence-electron chi connectivity index (χ3n) is 3.35. The quantitative estimate of drug-likeness (QED) is 0.912. The third-order valence-corrected chi connectivity index (χ3v) is 3.35. The van der Waals surface area contributed by atoms with Gasteiger partial charge in [0.15, 0.2) is 11.5 Å². The zero-order chi connectivity index (χ0) is 13.2. The van der Waals surface area contributed by atoms with Crippen molar-refractivity contribution in [1.29, 1.82) is 0 Å². The molecule has 0 amide bonds. The van der Waals surface area contributed by atoms with Crippen molar-refractivity contribution in [1.82, 2.24) is 9.55 Å². The summed E-state index contributed by atoms with van der Waals surface area (Å²) in [6.07, 6.45) is 1.60. The SMILES string of the molecule is CCc1nc2cc3c(cc2n1CCCO)OCCO3. The van der Waals surface area contributed by atoms with E-state index in [2.05, 4.69) is 16.5 Å². The van der Waals surface area contributed by atoms with Crippen LogP contribution in [0.2, 0.25) is 0 Å². The van der Waals surface area contributed by atoms with Crippen LogP contribution in [0.4, 0.5) is 0 Å². The molecule has 0 saturated heterocycles. The molecule has 19 heavy (non-hydrogen) atoms. The standard InChI is InChI=1S/C14H18N2O3/c1-2-14-15-10-8-12-13(19-7-6-18-12)9-11(10)16(14)4-3-5-17/h8-9,17H,2-7H2,1H3. The second kappa shape index (κ2) is 5.09. The molecule has 0 spiro atoms. The molecule has 0 fully saturated rings. The molecule has 0 aliphatic carbocycles. The highest BCUT2D eigenvalue weighted by molar-refractivity contribution is 5.80. The second-order valence-electron chi connectivity index (χ2n) is 4.59. The lowest BCUT2D eigenvalue weighted by Gasteiger charge is -2.18. The molecule has 1 aliphatic rings. The Kier molecular flexibility index (Phi) is 3.29. The second-order valence-corrected chi connectivity index (χ2v) is 4.59. The van der Waals surface area contributed by atoms with Crippen LogP contribution in [0, 0.1) is 0 Å². The van der Waals surface area contributed by atoms with Crippen molar-refractivity contribution in [2.75, 3.05) is 19.8 Å². The molecule has 2 heterocycles. The molecule has 2 aromatic rings. The summed E-state index contributed by atoms with van der Waals surface area (Å²) in [6, 6.07) is 3.94. The van der Waals surface area contributed by atoms with Gasteiger partial charge in [0.25, 0.3) is 0 Å². The van der Waals surface area contributed by atoms with Gasteiger partial charge in [0, 0.05) is 31.7 Å². The van der Waals surface area contributed by atoms with Crippen molar-refractivity contribution in [3.8, 4) is 11.5 Å². The maximum atomic E-state index is 9.01. The molecule has 0 bridgehead atoms. The van der Waals surface area contributed by atoms with E-state index < -0.39 is 0 Å².